The molecule has 0 aliphatic rings. The normalized spacial score (nSPS) is 10.2. The van der Waals surface area contributed by atoms with Crippen LogP contribution in [0.2, 0.25) is 10.2 Å². The van der Waals surface area contributed by atoms with E-state index in [1.165, 1.54) is 18.3 Å². The third-order valence-corrected chi connectivity index (χ3v) is 3.52. The lowest BCUT2D eigenvalue weighted by Gasteiger charge is -2.08. The monoisotopic (exact) mass is 389 g/mol. The number of nitro benzene ring substituents is 1. The summed E-state index contributed by atoms with van der Waals surface area (Å²) in [5.41, 5.74) is 0.00328. The molecule has 1 aromatic heterocycles. The van der Waals surface area contributed by atoms with Gasteiger partial charge in [0.05, 0.1) is 21.2 Å². The second kappa shape index (κ2) is 6.38. The second-order valence-corrected chi connectivity index (χ2v) is 5.55. The number of carbonyl (C=O) groups is 1. The highest BCUT2D eigenvalue weighted by Crippen LogP contribution is 2.26. The molecular weight excluding hydrogens is 385 g/mol. The highest BCUT2D eigenvalue weighted by atomic mass is 79.9. The molecule has 0 atom stereocenters. The first kappa shape index (κ1) is 15.7. The summed E-state index contributed by atoms with van der Waals surface area (Å²) in [6.07, 6.45) is 1.47. The molecule has 0 unspecified atom stereocenters. The van der Waals surface area contributed by atoms with Gasteiger partial charge >= 0.3 is 0 Å². The molecule has 2 rings (SSSR count). The summed E-state index contributed by atoms with van der Waals surface area (Å²) in [5, 5.41) is 13.4. The minimum atomic E-state index is -0.620. The standard InChI is InChI=1S/C12H6BrCl2N3O3/c13-6-3-10(11(15)16-5-6)17-12(19)8-4-7(18(20)21)1-2-9(8)14/h1-5H,(H,17,19). The Morgan fingerprint density at radius 1 is 1.33 bits per heavy atom. The molecule has 0 bridgehead atoms. The van der Waals surface area contributed by atoms with E-state index in [0.717, 1.165) is 6.07 Å². The number of nitrogens with one attached hydrogen (secondary N) is 1. The molecule has 1 N–H and O–H groups in total. The molecule has 0 aliphatic heterocycles. The molecule has 2 aromatic rings. The zero-order valence-corrected chi connectivity index (χ0v) is 13.2. The number of halogens is 3. The Labute approximate surface area is 137 Å². The van der Waals surface area contributed by atoms with E-state index in [0.29, 0.717) is 4.47 Å². The van der Waals surface area contributed by atoms with E-state index in [-0.39, 0.29) is 27.1 Å². The van der Waals surface area contributed by atoms with Crippen molar-refractivity contribution in [3.8, 4) is 0 Å². The number of nitrogens with zero attached hydrogens (tertiary/aromatic N) is 2. The van der Waals surface area contributed by atoms with Crippen molar-refractivity contribution in [1.29, 1.82) is 0 Å². The number of anilines is 1. The number of amides is 1. The van der Waals surface area contributed by atoms with E-state index in [1.807, 2.05) is 0 Å². The Balaban J connectivity index is 2.34. The number of hydrogen-bond donors (Lipinski definition) is 1. The number of carbonyl (C=O) groups excluding carboxylic acids is 1. The van der Waals surface area contributed by atoms with Gasteiger partial charge in [-0.3, -0.25) is 14.9 Å². The Morgan fingerprint density at radius 2 is 2.05 bits per heavy atom. The van der Waals surface area contributed by atoms with E-state index in [1.54, 1.807) is 6.07 Å². The number of rotatable bonds is 3. The number of non-ortho nitro benzene ring substituents is 1. The third kappa shape index (κ3) is 3.69. The van der Waals surface area contributed by atoms with Gasteiger partial charge in [0.2, 0.25) is 0 Å². The van der Waals surface area contributed by atoms with Gasteiger partial charge in [0.25, 0.3) is 11.6 Å². The van der Waals surface area contributed by atoms with Gasteiger partial charge in [-0.2, -0.15) is 0 Å². The zero-order valence-electron chi connectivity index (χ0n) is 10.1. The fraction of sp³-hybridized carbons (Fsp3) is 0. The Kier molecular flexibility index (Phi) is 4.76. The Hall–Kier alpha value is -1.70. The summed E-state index contributed by atoms with van der Waals surface area (Å²) in [4.78, 5) is 26.1. The number of pyridine rings is 1. The lowest BCUT2D eigenvalue weighted by molar-refractivity contribution is -0.384. The lowest BCUT2D eigenvalue weighted by atomic mass is 10.2. The molecule has 21 heavy (non-hydrogen) atoms. The molecule has 1 heterocycles. The third-order valence-electron chi connectivity index (χ3n) is 2.46. The van der Waals surface area contributed by atoms with Crippen molar-refractivity contribution >= 4 is 56.4 Å². The quantitative estimate of drug-likeness (QED) is 0.480. The van der Waals surface area contributed by atoms with Crippen LogP contribution in [0.1, 0.15) is 10.4 Å². The topological polar surface area (TPSA) is 85.1 Å². The van der Waals surface area contributed by atoms with Crippen LogP contribution >= 0.6 is 39.1 Å². The van der Waals surface area contributed by atoms with Crippen LogP contribution in [0.15, 0.2) is 34.9 Å². The molecule has 1 aromatic carbocycles. The highest BCUT2D eigenvalue weighted by molar-refractivity contribution is 9.10. The van der Waals surface area contributed by atoms with Gasteiger partial charge in [0, 0.05) is 22.8 Å². The van der Waals surface area contributed by atoms with E-state index >= 15 is 0 Å². The van der Waals surface area contributed by atoms with E-state index in [9.17, 15) is 14.9 Å². The smallest absolute Gasteiger partial charge is 0.270 e. The number of nitro groups is 1. The second-order valence-electron chi connectivity index (χ2n) is 3.87. The molecule has 0 radical (unpaired) electrons. The molecule has 0 aliphatic carbocycles. The largest absolute Gasteiger partial charge is 0.319 e. The summed E-state index contributed by atoms with van der Waals surface area (Å²) in [6, 6.07) is 5.15. The summed E-state index contributed by atoms with van der Waals surface area (Å²) < 4.78 is 0.618. The molecule has 1 amide bonds. The molecule has 6 nitrogen and oxygen atoms in total. The van der Waals surface area contributed by atoms with Crippen LogP contribution in [-0.2, 0) is 0 Å². The summed E-state index contributed by atoms with van der Waals surface area (Å²) in [5.74, 6) is -0.620. The number of aromatic nitrogens is 1. The predicted octanol–water partition coefficient (Wildman–Crippen LogP) is 4.31. The van der Waals surface area contributed by atoms with E-state index in [2.05, 4.69) is 26.2 Å². The first-order chi connectivity index (χ1) is 9.88. The van der Waals surface area contributed by atoms with Crippen LogP contribution in [0, 0.1) is 10.1 Å². The molecule has 9 heteroatoms. The van der Waals surface area contributed by atoms with Crippen LogP contribution < -0.4 is 5.32 Å². The molecule has 0 saturated carbocycles. The van der Waals surface area contributed by atoms with Gasteiger partial charge in [-0.25, -0.2) is 4.98 Å². The van der Waals surface area contributed by atoms with Crippen molar-refractivity contribution in [3.05, 3.63) is 60.8 Å². The van der Waals surface area contributed by atoms with Gasteiger partial charge in [0.15, 0.2) is 5.15 Å². The van der Waals surface area contributed by atoms with E-state index in [4.69, 9.17) is 23.2 Å². The molecular formula is C12H6BrCl2N3O3. The zero-order chi connectivity index (χ0) is 15.6. The summed E-state index contributed by atoms with van der Waals surface area (Å²) in [6.45, 7) is 0. The van der Waals surface area contributed by atoms with Crippen molar-refractivity contribution in [3.63, 3.8) is 0 Å². The maximum Gasteiger partial charge on any atom is 0.270 e. The fourth-order valence-electron chi connectivity index (χ4n) is 1.50. The Morgan fingerprint density at radius 3 is 2.71 bits per heavy atom. The number of benzene rings is 1. The molecule has 108 valence electrons. The van der Waals surface area contributed by atoms with Crippen LogP contribution in [0.25, 0.3) is 0 Å². The average molecular weight is 391 g/mol. The van der Waals surface area contributed by atoms with Crippen molar-refractivity contribution in [1.82, 2.24) is 4.98 Å². The summed E-state index contributed by atoms with van der Waals surface area (Å²) in [7, 11) is 0. The predicted molar refractivity (Wildman–Crippen MR) is 83.0 cm³/mol. The minimum absolute atomic E-state index is 0.0260. The van der Waals surface area contributed by atoms with Crippen molar-refractivity contribution in [2.45, 2.75) is 0 Å². The van der Waals surface area contributed by atoms with Gasteiger partial charge in [-0.05, 0) is 28.1 Å². The molecule has 0 saturated heterocycles. The van der Waals surface area contributed by atoms with Crippen molar-refractivity contribution in [2.24, 2.45) is 0 Å². The van der Waals surface area contributed by atoms with Crippen LogP contribution in [0.5, 0.6) is 0 Å². The minimum Gasteiger partial charge on any atom is -0.319 e. The number of hydrogen-bond acceptors (Lipinski definition) is 4. The SMILES string of the molecule is O=C(Nc1cc(Br)cnc1Cl)c1cc([N+](=O)[O-])ccc1Cl. The molecule has 0 fully saturated rings. The summed E-state index contributed by atoms with van der Waals surface area (Å²) >= 11 is 15.0. The lowest BCUT2D eigenvalue weighted by Crippen LogP contribution is -2.13. The van der Waals surface area contributed by atoms with E-state index < -0.39 is 10.8 Å². The first-order valence-electron chi connectivity index (χ1n) is 5.45. The molecule has 0 spiro atoms. The van der Waals surface area contributed by atoms with Crippen LogP contribution in [-0.4, -0.2) is 15.8 Å². The maximum atomic E-state index is 12.2. The maximum absolute atomic E-state index is 12.2. The average Bonchev–Trinajstić information content (AvgIpc) is 2.43. The van der Waals surface area contributed by atoms with Gasteiger partial charge < -0.3 is 5.32 Å². The fourth-order valence-corrected chi connectivity index (χ4v) is 2.19. The van der Waals surface area contributed by atoms with Crippen LogP contribution in [0.4, 0.5) is 11.4 Å². The Bertz CT molecular complexity index is 740. The van der Waals surface area contributed by atoms with Gasteiger partial charge in [-0.15, -0.1) is 0 Å². The van der Waals surface area contributed by atoms with Crippen molar-refractivity contribution < 1.29 is 9.72 Å². The van der Waals surface area contributed by atoms with Gasteiger partial charge in [-0.1, -0.05) is 23.2 Å². The van der Waals surface area contributed by atoms with Crippen LogP contribution in [0.3, 0.4) is 0 Å². The van der Waals surface area contributed by atoms with Gasteiger partial charge in [0.1, 0.15) is 0 Å². The highest BCUT2D eigenvalue weighted by Gasteiger charge is 2.17. The van der Waals surface area contributed by atoms with Crippen molar-refractivity contribution in [2.75, 3.05) is 5.32 Å². The first-order valence-corrected chi connectivity index (χ1v) is 6.99.